The van der Waals surface area contributed by atoms with E-state index in [1.807, 2.05) is 12.4 Å². The fourth-order valence-corrected chi connectivity index (χ4v) is 4.67. The topological polar surface area (TPSA) is 42.1 Å². The first kappa shape index (κ1) is 15.4. The number of rotatable bonds is 4. The zero-order valence-corrected chi connectivity index (χ0v) is 14.3. The van der Waals surface area contributed by atoms with Gasteiger partial charge in [0.25, 0.3) is 0 Å². The lowest BCUT2D eigenvalue weighted by Gasteiger charge is -2.47. The number of nitrogens with zero attached hydrogens (tertiary/aromatic N) is 2. The number of aromatic nitrogens is 1. The van der Waals surface area contributed by atoms with E-state index in [1.165, 1.54) is 63.6 Å². The van der Waals surface area contributed by atoms with Gasteiger partial charge in [-0.25, -0.2) is 0 Å². The van der Waals surface area contributed by atoms with Crippen molar-refractivity contribution in [1.29, 1.82) is 0 Å². The maximum Gasteiger partial charge on any atom is 0.0410 e. The van der Waals surface area contributed by atoms with E-state index in [1.54, 1.807) is 0 Å². The van der Waals surface area contributed by atoms with Crippen molar-refractivity contribution < 1.29 is 0 Å². The Morgan fingerprint density at radius 3 is 2.52 bits per heavy atom. The number of likely N-dealkylation sites (tertiary alicyclic amines) is 1. The second kappa shape index (κ2) is 6.76. The Balaban J connectivity index is 1.76. The highest BCUT2D eigenvalue weighted by atomic mass is 79.9. The van der Waals surface area contributed by atoms with Crippen LogP contribution in [-0.4, -0.2) is 34.6 Å². The van der Waals surface area contributed by atoms with E-state index in [0.717, 1.165) is 10.9 Å². The molecule has 2 aliphatic rings. The molecule has 0 spiro atoms. The zero-order valence-electron chi connectivity index (χ0n) is 12.7. The fraction of sp³-hybridized carbons (Fsp3) is 0.706. The minimum absolute atomic E-state index is 0.217. The van der Waals surface area contributed by atoms with Crippen LogP contribution in [0.5, 0.6) is 0 Å². The molecule has 1 atom stereocenters. The highest BCUT2D eigenvalue weighted by Crippen LogP contribution is 2.39. The molecule has 1 unspecified atom stereocenters. The van der Waals surface area contributed by atoms with Crippen LogP contribution in [0.3, 0.4) is 0 Å². The second-order valence-electron chi connectivity index (χ2n) is 6.68. The molecule has 21 heavy (non-hydrogen) atoms. The smallest absolute Gasteiger partial charge is 0.0410 e. The van der Waals surface area contributed by atoms with Crippen molar-refractivity contribution in [1.82, 2.24) is 9.88 Å². The predicted molar refractivity (Wildman–Crippen MR) is 90.2 cm³/mol. The van der Waals surface area contributed by atoms with Gasteiger partial charge in [0.15, 0.2) is 0 Å². The number of piperidine rings is 1. The third-order valence-electron chi connectivity index (χ3n) is 5.36. The number of hydrogen-bond donors (Lipinski definition) is 1. The summed E-state index contributed by atoms with van der Waals surface area (Å²) in [6, 6.07) is 2.38. The van der Waals surface area contributed by atoms with Crippen molar-refractivity contribution in [2.75, 3.05) is 13.1 Å². The van der Waals surface area contributed by atoms with E-state index < -0.39 is 0 Å². The van der Waals surface area contributed by atoms with Crippen LogP contribution in [0.25, 0.3) is 0 Å². The molecule has 0 bridgehead atoms. The van der Waals surface area contributed by atoms with Crippen LogP contribution in [-0.2, 0) is 6.42 Å². The van der Waals surface area contributed by atoms with E-state index >= 15 is 0 Å². The second-order valence-corrected chi connectivity index (χ2v) is 7.60. The highest BCUT2D eigenvalue weighted by molar-refractivity contribution is 9.10. The number of halogens is 1. The SMILES string of the molecule is NC(Cc1cncc(Br)c1)C1(N2CCCCC2)CCCC1. The summed E-state index contributed by atoms with van der Waals surface area (Å²) < 4.78 is 1.05. The minimum atomic E-state index is 0.217. The Morgan fingerprint density at radius 2 is 1.86 bits per heavy atom. The number of hydrogen-bond acceptors (Lipinski definition) is 3. The average Bonchev–Trinajstić information content (AvgIpc) is 2.99. The van der Waals surface area contributed by atoms with Gasteiger partial charge in [-0.3, -0.25) is 9.88 Å². The van der Waals surface area contributed by atoms with Gasteiger partial charge in [0.2, 0.25) is 0 Å². The Bertz CT molecular complexity index is 465. The van der Waals surface area contributed by atoms with Gasteiger partial charge >= 0.3 is 0 Å². The third kappa shape index (κ3) is 3.33. The van der Waals surface area contributed by atoms with Gasteiger partial charge in [-0.2, -0.15) is 0 Å². The van der Waals surface area contributed by atoms with Crippen molar-refractivity contribution in [2.24, 2.45) is 5.73 Å². The molecule has 1 aliphatic carbocycles. The van der Waals surface area contributed by atoms with Crippen molar-refractivity contribution >= 4 is 15.9 Å². The van der Waals surface area contributed by atoms with Crippen LogP contribution >= 0.6 is 15.9 Å². The van der Waals surface area contributed by atoms with Gasteiger partial charge in [-0.15, -0.1) is 0 Å². The van der Waals surface area contributed by atoms with Crippen molar-refractivity contribution in [2.45, 2.75) is 62.9 Å². The van der Waals surface area contributed by atoms with E-state index in [-0.39, 0.29) is 11.6 Å². The summed E-state index contributed by atoms with van der Waals surface area (Å²) in [6.45, 7) is 2.48. The van der Waals surface area contributed by atoms with Gasteiger partial charge in [-0.05, 0) is 72.8 Å². The van der Waals surface area contributed by atoms with Gasteiger partial charge in [0, 0.05) is 28.4 Å². The van der Waals surface area contributed by atoms with Crippen LogP contribution in [0, 0.1) is 0 Å². The normalized spacial score (nSPS) is 24.1. The van der Waals surface area contributed by atoms with Gasteiger partial charge in [-0.1, -0.05) is 19.3 Å². The first-order valence-electron chi connectivity index (χ1n) is 8.31. The van der Waals surface area contributed by atoms with Gasteiger partial charge in [0.05, 0.1) is 0 Å². The number of nitrogens with two attached hydrogens (primary N) is 1. The Morgan fingerprint density at radius 1 is 1.14 bits per heavy atom. The van der Waals surface area contributed by atoms with E-state index in [4.69, 9.17) is 5.73 Å². The lowest BCUT2D eigenvalue weighted by molar-refractivity contribution is 0.0482. The third-order valence-corrected chi connectivity index (χ3v) is 5.80. The molecule has 1 aliphatic heterocycles. The van der Waals surface area contributed by atoms with Crippen molar-refractivity contribution in [3.05, 3.63) is 28.5 Å². The van der Waals surface area contributed by atoms with Crippen LogP contribution in [0.2, 0.25) is 0 Å². The molecule has 0 amide bonds. The molecule has 1 saturated heterocycles. The summed E-state index contributed by atoms with van der Waals surface area (Å²) in [4.78, 5) is 7.00. The fourth-order valence-electron chi connectivity index (χ4n) is 4.26. The molecule has 1 aromatic heterocycles. The molecule has 3 nitrogen and oxygen atoms in total. The highest BCUT2D eigenvalue weighted by Gasteiger charge is 2.44. The lowest BCUT2D eigenvalue weighted by Crippen LogP contribution is -2.60. The molecule has 0 aromatic carbocycles. The summed E-state index contributed by atoms with van der Waals surface area (Å²) in [6.07, 6.45) is 14.0. The molecule has 1 aromatic rings. The summed E-state index contributed by atoms with van der Waals surface area (Å²) in [5.41, 5.74) is 8.23. The van der Waals surface area contributed by atoms with Crippen LogP contribution < -0.4 is 5.73 Å². The van der Waals surface area contributed by atoms with Crippen LogP contribution in [0.1, 0.15) is 50.5 Å². The van der Waals surface area contributed by atoms with Crippen molar-refractivity contribution in [3.63, 3.8) is 0 Å². The molecular formula is C17H26BrN3. The summed E-state index contributed by atoms with van der Waals surface area (Å²) in [5.74, 6) is 0. The van der Waals surface area contributed by atoms with Crippen molar-refractivity contribution in [3.8, 4) is 0 Å². The van der Waals surface area contributed by atoms with Gasteiger partial charge < -0.3 is 5.73 Å². The first-order valence-corrected chi connectivity index (χ1v) is 9.10. The maximum absolute atomic E-state index is 6.74. The van der Waals surface area contributed by atoms with E-state index in [0.29, 0.717) is 0 Å². The zero-order chi connectivity index (χ0) is 14.7. The Labute approximate surface area is 136 Å². The summed E-state index contributed by atoms with van der Waals surface area (Å²) >= 11 is 3.51. The predicted octanol–water partition coefficient (Wildman–Crippen LogP) is 3.51. The Kier molecular flexibility index (Phi) is 4.97. The number of pyridine rings is 1. The summed E-state index contributed by atoms with van der Waals surface area (Å²) in [7, 11) is 0. The molecule has 2 fully saturated rings. The maximum atomic E-state index is 6.74. The van der Waals surface area contributed by atoms with E-state index in [9.17, 15) is 0 Å². The quantitative estimate of drug-likeness (QED) is 0.902. The minimum Gasteiger partial charge on any atom is -0.326 e. The molecule has 0 radical (unpaired) electrons. The van der Waals surface area contributed by atoms with Crippen LogP contribution in [0.15, 0.2) is 22.9 Å². The Hall–Kier alpha value is -0.450. The monoisotopic (exact) mass is 351 g/mol. The van der Waals surface area contributed by atoms with Gasteiger partial charge in [0.1, 0.15) is 0 Å². The molecule has 116 valence electrons. The van der Waals surface area contributed by atoms with Crippen LogP contribution in [0.4, 0.5) is 0 Å². The molecule has 2 N–H and O–H groups in total. The van der Waals surface area contributed by atoms with E-state index in [2.05, 4.69) is 31.9 Å². The first-order chi connectivity index (χ1) is 10.2. The molecule has 1 saturated carbocycles. The molecule has 4 heteroatoms. The molecule has 2 heterocycles. The molecule has 3 rings (SSSR count). The summed E-state index contributed by atoms with van der Waals surface area (Å²) in [5, 5.41) is 0. The molecular weight excluding hydrogens is 326 g/mol. The average molecular weight is 352 g/mol. The lowest BCUT2D eigenvalue weighted by atomic mass is 9.82. The largest absolute Gasteiger partial charge is 0.326 e. The standard InChI is InChI=1S/C17H26BrN3/c18-15-10-14(12-20-13-15)11-16(19)17(6-2-3-7-17)21-8-4-1-5-9-21/h10,12-13,16H,1-9,11,19H2.